The molecule has 0 aliphatic carbocycles. The van der Waals surface area contributed by atoms with Gasteiger partial charge < -0.3 is 0 Å². The first-order valence-corrected chi connectivity index (χ1v) is 9.09. The van der Waals surface area contributed by atoms with Gasteiger partial charge >= 0.3 is 5.69 Å². The molecule has 26 heavy (non-hydrogen) atoms. The van der Waals surface area contributed by atoms with E-state index in [0.717, 1.165) is 16.3 Å². The third kappa shape index (κ3) is 2.86. The summed E-state index contributed by atoms with van der Waals surface area (Å²) in [6.07, 6.45) is 3.80. The predicted octanol–water partition coefficient (Wildman–Crippen LogP) is 2.56. The average Bonchev–Trinajstić information content (AvgIpc) is 3.08. The van der Waals surface area contributed by atoms with Crippen LogP contribution in [-0.2, 0) is 13.0 Å². The molecule has 0 atom stereocenters. The summed E-state index contributed by atoms with van der Waals surface area (Å²) in [4.78, 5) is 34.5. The van der Waals surface area contributed by atoms with E-state index in [1.165, 1.54) is 20.5 Å². The van der Waals surface area contributed by atoms with Crippen molar-refractivity contribution in [3.8, 4) is 5.00 Å². The van der Waals surface area contributed by atoms with Crippen LogP contribution in [0.1, 0.15) is 11.3 Å². The maximum atomic E-state index is 13.1. The van der Waals surface area contributed by atoms with Gasteiger partial charge in [-0.05, 0) is 48.2 Å². The van der Waals surface area contributed by atoms with Crippen molar-refractivity contribution in [2.45, 2.75) is 19.9 Å². The van der Waals surface area contributed by atoms with Gasteiger partial charge in [-0.1, -0.05) is 6.07 Å². The summed E-state index contributed by atoms with van der Waals surface area (Å²) in [6.45, 7) is 2.24. The van der Waals surface area contributed by atoms with Gasteiger partial charge in [0.15, 0.2) is 5.65 Å². The Labute approximate surface area is 153 Å². The molecule has 0 saturated carbocycles. The van der Waals surface area contributed by atoms with Gasteiger partial charge in [-0.25, -0.2) is 14.3 Å². The molecule has 0 aliphatic heterocycles. The van der Waals surface area contributed by atoms with Crippen LogP contribution in [0.2, 0.25) is 0 Å². The normalized spacial score (nSPS) is 11.1. The van der Waals surface area contributed by atoms with E-state index in [4.69, 9.17) is 0 Å². The third-order valence-corrected chi connectivity index (χ3v) is 5.18. The van der Waals surface area contributed by atoms with Crippen molar-refractivity contribution in [1.82, 2.24) is 19.1 Å². The van der Waals surface area contributed by atoms with Crippen LogP contribution in [0.5, 0.6) is 0 Å². The van der Waals surface area contributed by atoms with Crippen LogP contribution in [0.4, 0.5) is 0 Å². The highest BCUT2D eigenvalue weighted by atomic mass is 32.1. The van der Waals surface area contributed by atoms with Gasteiger partial charge in [0.2, 0.25) is 0 Å². The van der Waals surface area contributed by atoms with Crippen LogP contribution >= 0.6 is 11.3 Å². The van der Waals surface area contributed by atoms with Gasteiger partial charge in [-0.15, -0.1) is 11.3 Å². The first-order valence-electron chi connectivity index (χ1n) is 8.21. The molecule has 0 fully saturated rings. The van der Waals surface area contributed by atoms with Gasteiger partial charge in [0.05, 0.1) is 5.39 Å². The maximum absolute atomic E-state index is 13.1. The fraction of sp³-hybridized carbons (Fsp3) is 0.158. The molecule has 0 spiro atoms. The molecule has 0 saturated heterocycles. The molecule has 0 amide bonds. The molecule has 0 radical (unpaired) electrons. The molecule has 4 heterocycles. The van der Waals surface area contributed by atoms with Gasteiger partial charge in [-0.3, -0.25) is 14.3 Å². The van der Waals surface area contributed by atoms with E-state index in [9.17, 15) is 9.59 Å². The molecule has 0 bridgehead atoms. The standard InChI is InChI=1S/C19H16N4O2S/c1-13-11-16(26-12-13)23-17-15(6-4-9-21-17)18(24)22(19(23)25)10-7-14-5-2-3-8-20-14/h2-6,8-9,11-12H,7,10H2,1H3. The predicted molar refractivity (Wildman–Crippen MR) is 102 cm³/mol. The van der Waals surface area contributed by atoms with Crippen molar-refractivity contribution < 1.29 is 0 Å². The second-order valence-electron chi connectivity index (χ2n) is 5.98. The van der Waals surface area contributed by atoms with E-state index in [1.807, 2.05) is 36.6 Å². The number of rotatable bonds is 4. The van der Waals surface area contributed by atoms with Crippen molar-refractivity contribution in [3.05, 3.63) is 86.3 Å². The first kappa shape index (κ1) is 16.4. The molecule has 130 valence electrons. The van der Waals surface area contributed by atoms with Gasteiger partial charge in [-0.2, -0.15) is 0 Å². The Bertz CT molecular complexity index is 1190. The maximum Gasteiger partial charge on any atom is 0.337 e. The number of aryl methyl sites for hydroxylation is 2. The summed E-state index contributed by atoms with van der Waals surface area (Å²) in [5.41, 5.74) is 1.59. The SMILES string of the molecule is Cc1csc(-n2c(=O)n(CCc3ccccn3)c(=O)c3cccnc32)c1. The van der Waals surface area contributed by atoms with Crippen molar-refractivity contribution in [2.24, 2.45) is 0 Å². The highest BCUT2D eigenvalue weighted by Gasteiger charge is 2.16. The van der Waals surface area contributed by atoms with Crippen LogP contribution in [0.3, 0.4) is 0 Å². The molecular weight excluding hydrogens is 348 g/mol. The zero-order valence-electron chi connectivity index (χ0n) is 14.1. The van der Waals surface area contributed by atoms with Crippen molar-refractivity contribution in [3.63, 3.8) is 0 Å². The Morgan fingerprint density at radius 1 is 1.08 bits per heavy atom. The fourth-order valence-corrected chi connectivity index (χ4v) is 3.79. The minimum Gasteiger partial charge on any atom is -0.268 e. The van der Waals surface area contributed by atoms with Gasteiger partial charge in [0, 0.05) is 31.1 Å². The number of hydrogen-bond donors (Lipinski definition) is 0. The van der Waals surface area contributed by atoms with E-state index in [2.05, 4.69) is 9.97 Å². The molecular formula is C19H16N4O2S. The Hall–Kier alpha value is -3.06. The summed E-state index contributed by atoms with van der Waals surface area (Å²) < 4.78 is 2.79. The molecule has 4 aromatic heterocycles. The topological polar surface area (TPSA) is 69.8 Å². The number of hydrogen-bond acceptors (Lipinski definition) is 5. The third-order valence-electron chi connectivity index (χ3n) is 4.15. The van der Waals surface area contributed by atoms with E-state index in [0.29, 0.717) is 17.5 Å². The van der Waals surface area contributed by atoms with Gasteiger partial charge in [0.25, 0.3) is 5.56 Å². The highest BCUT2D eigenvalue weighted by Crippen LogP contribution is 2.19. The smallest absolute Gasteiger partial charge is 0.268 e. The zero-order chi connectivity index (χ0) is 18.1. The summed E-state index contributed by atoms with van der Waals surface area (Å²) in [7, 11) is 0. The van der Waals surface area contributed by atoms with Crippen LogP contribution in [-0.4, -0.2) is 19.1 Å². The molecule has 7 heteroatoms. The van der Waals surface area contributed by atoms with E-state index in [1.54, 1.807) is 24.5 Å². The monoisotopic (exact) mass is 364 g/mol. The Morgan fingerprint density at radius 3 is 2.65 bits per heavy atom. The lowest BCUT2D eigenvalue weighted by Crippen LogP contribution is -2.40. The lowest BCUT2D eigenvalue weighted by Gasteiger charge is -2.11. The van der Waals surface area contributed by atoms with Crippen LogP contribution in [0.25, 0.3) is 16.0 Å². The number of fused-ring (bicyclic) bond motifs is 1. The minimum absolute atomic E-state index is 0.268. The fourth-order valence-electron chi connectivity index (χ4n) is 2.89. The van der Waals surface area contributed by atoms with E-state index < -0.39 is 0 Å². The highest BCUT2D eigenvalue weighted by molar-refractivity contribution is 7.12. The molecule has 0 aromatic carbocycles. The quantitative estimate of drug-likeness (QED) is 0.558. The molecule has 4 rings (SSSR count). The summed E-state index contributed by atoms with van der Waals surface area (Å²) in [5, 5.41) is 3.15. The average molecular weight is 364 g/mol. The molecule has 0 N–H and O–H groups in total. The Kier molecular flexibility index (Phi) is 4.22. The van der Waals surface area contributed by atoms with Crippen LogP contribution < -0.4 is 11.2 Å². The summed E-state index contributed by atoms with van der Waals surface area (Å²) in [5.74, 6) is 0. The Balaban J connectivity index is 1.90. The molecule has 0 unspecified atom stereocenters. The molecule has 4 aromatic rings. The largest absolute Gasteiger partial charge is 0.337 e. The molecule has 6 nitrogen and oxygen atoms in total. The van der Waals surface area contributed by atoms with Crippen LogP contribution in [0.15, 0.2) is 63.8 Å². The second kappa shape index (κ2) is 6.68. The van der Waals surface area contributed by atoms with Crippen molar-refractivity contribution in [1.29, 1.82) is 0 Å². The van der Waals surface area contributed by atoms with Crippen LogP contribution in [0, 0.1) is 6.92 Å². The second-order valence-corrected chi connectivity index (χ2v) is 6.87. The lowest BCUT2D eigenvalue weighted by atomic mass is 10.2. The molecule has 0 aliphatic rings. The van der Waals surface area contributed by atoms with Crippen molar-refractivity contribution in [2.75, 3.05) is 0 Å². The van der Waals surface area contributed by atoms with E-state index >= 15 is 0 Å². The Morgan fingerprint density at radius 2 is 1.92 bits per heavy atom. The lowest BCUT2D eigenvalue weighted by molar-refractivity contribution is 0.614. The van der Waals surface area contributed by atoms with E-state index in [-0.39, 0.29) is 17.8 Å². The number of thiophene rings is 1. The zero-order valence-corrected chi connectivity index (χ0v) is 14.9. The van der Waals surface area contributed by atoms with Crippen molar-refractivity contribution >= 4 is 22.4 Å². The number of pyridine rings is 2. The first-order chi connectivity index (χ1) is 12.6. The van der Waals surface area contributed by atoms with Gasteiger partial charge in [0.1, 0.15) is 5.00 Å². The number of aromatic nitrogens is 4. The summed E-state index contributed by atoms with van der Waals surface area (Å²) >= 11 is 1.46. The number of nitrogens with zero attached hydrogens (tertiary/aromatic N) is 4. The summed E-state index contributed by atoms with van der Waals surface area (Å²) in [6, 6.07) is 11.0. The minimum atomic E-state index is -0.376.